The van der Waals surface area contributed by atoms with Crippen molar-refractivity contribution in [2.24, 2.45) is 0 Å². The highest BCUT2D eigenvalue weighted by molar-refractivity contribution is 9.10. The third kappa shape index (κ3) is 3.76. The van der Waals surface area contributed by atoms with Crippen LogP contribution in [-0.2, 0) is 16.1 Å². The first-order valence-electron chi connectivity index (χ1n) is 7.80. The molecule has 0 radical (unpaired) electrons. The monoisotopic (exact) mass is 411 g/mol. The van der Waals surface area contributed by atoms with Crippen molar-refractivity contribution in [2.75, 3.05) is 18.1 Å². The van der Waals surface area contributed by atoms with Gasteiger partial charge in [-0.3, -0.25) is 0 Å². The van der Waals surface area contributed by atoms with Gasteiger partial charge in [-0.2, -0.15) is 0 Å². The molecular weight excluding hydrogens is 396 g/mol. The van der Waals surface area contributed by atoms with Crippen LogP contribution in [0.25, 0.3) is 0 Å². The molecule has 2 aromatic carbocycles. The molecule has 0 fully saturated rings. The molecule has 0 saturated carbocycles. The Balaban J connectivity index is 1.93. The van der Waals surface area contributed by atoms with Crippen molar-refractivity contribution in [3.63, 3.8) is 0 Å². The van der Waals surface area contributed by atoms with Crippen LogP contribution in [0.15, 0.2) is 40.9 Å². The van der Waals surface area contributed by atoms with Gasteiger partial charge in [0.2, 0.25) is 6.10 Å². The SMILES string of the molecule is CCOC(=O)C1CN(Cc2c(F)cc(Br)cc2F)c2ccccc2O1. The van der Waals surface area contributed by atoms with E-state index in [1.54, 1.807) is 36.1 Å². The van der Waals surface area contributed by atoms with Gasteiger partial charge in [-0.25, -0.2) is 13.6 Å². The number of anilines is 1. The van der Waals surface area contributed by atoms with Gasteiger partial charge >= 0.3 is 5.97 Å². The second-order valence-electron chi connectivity index (χ2n) is 5.55. The van der Waals surface area contributed by atoms with Crippen LogP contribution in [0.4, 0.5) is 14.5 Å². The number of ether oxygens (including phenoxy) is 2. The summed E-state index contributed by atoms with van der Waals surface area (Å²) in [6, 6.07) is 9.49. The van der Waals surface area contributed by atoms with Crippen LogP contribution < -0.4 is 9.64 Å². The largest absolute Gasteiger partial charge is 0.475 e. The number of nitrogens with zero attached hydrogens (tertiary/aromatic N) is 1. The smallest absolute Gasteiger partial charge is 0.349 e. The minimum Gasteiger partial charge on any atom is -0.475 e. The van der Waals surface area contributed by atoms with Crippen molar-refractivity contribution < 1.29 is 23.0 Å². The Morgan fingerprint density at radius 1 is 1.32 bits per heavy atom. The fraction of sp³-hybridized carbons (Fsp3) is 0.278. The van der Waals surface area contributed by atoms with Crippen LogP contribution in [-0.4, -0.2) is 25.2 Å². The van der Waals surface area contributed by atoms with Crippen molar-refractivity contribution in [1.29, 1.82) is 0 Å². The van der Waals surface area contributed by atoms with Gasteiger partial charge in [-0.05, 0) is 31.2 Å². The summed E-state index contributed by atoms with van der Waals surface area (Å²) in [5.74, 6) is -1.32. The van der Waals surface area contributed by atoms with Crippen LogP contribution in [0.3, 0.4) is 0 Å². The van der Waals surface area contributed by atoms with Gasteiger partial charge in [0.25, 0.3) is 0 Å². The molecular formula is C18H16BrF2NO3. The van der Waals surface area contributed by atoms with Crippen molar-refractivity contribution in [3.05, 3.63) is 58.1 Å². The number of benzene rings is 2. The Morgan fingerprint density at radius 2 is 2.00 bits per heavy atom. The predicted octanol–water partition coefficient (Wildman–Crippen LogP) is 4.06. The fourth-order valence-electron chi connectivity index (χ4n) is 2.73. The molecule has 2 aromatic rings. The number of rotatable bonds is 4. The average Bonchev–Trinajstić information content (AvgIpc) is 2.58. The first kappa shape index (κ1) is 17.7. The molecule has 0 aromatic heterocycles. The zero-order chi connectivity index (χ0) is 18.0. The number of fused-ring (bicyclic) bond motifs is 1. The lowest BCUT2D eigenvalue weighted by Gasteiger charge is -2.35. The Kier molecular flexibility index (Phi) is 5.22. The molecule has 0 bridgehead atoms. The maximum absolute atomic E-state index is 14.2. The summed E-state index contributed by atoms with van der Waals surface area (Å²) in [4.78, 5) is 13.8. The van der Waals surface area contributed by atoms with Crippen molar-refractivity contribution >= 4 is 27.6 Å². The van der Waals surface area contributed by atoms with E-state index in [2.05, 4.69) is 15.9 Å². The van der Waals surface area contributed by atoms with Crippen molar-refractivity contribution in [1.82, 2.24) is 0 Å². The first-order chi connectivity index (χ1) is 12.0. The third-order valence-electron chi connectivity index (χ3n) is 3.87. The van der Waals surface area contributed by atoms with Gasteiger partial charge in [0.15, 0.2) is 0 Å². The standard InChI is InChI=1S/C18H16BrF2NO3/c1-2-24-18(23)17-10-22(15-5-3-4-6-16(15)25-17)9-12-13(20)7-11(19)8-14(12)21/h3-8,17H,2,9-10H2,1H3. The van der Waals surface area contributed by atoms with E-state index in [1.807, 2.05) is 0 Å². The minimum atomic E-state index is -0.851. The van der Waals surface area contributed by atoms with Crippen LogP contribution in [0, 0.1) is 11.6 Å². The topological polar surface area (TPSA) is 38.8 Å². The predicted molar refractivity (Wildman–Crippen MR) is 92.6 cm³/mol. The molecule has 25 heavy (non-hydrogen) atoms. The summed E-state index contributed by atoms with van der Waals surface area (Å²) < 4.78 is 39.4. The highest BCUT2D eigenvalue weighted by Crippen LogP contribution is 2.35. The fourth-order valence-corrected chi connectivity index (χ4v) is 3.13. The molecule has 7 heteroatoms. The summed E-state index contributed by atoms with van der Waals surface area (Å²) in [5.41, 5.74) is 0.604. The summed E-state index contributed by atoms with van der Waals surface area (Å²) in [7, 11) is 0. The van der Waals surface area contributed by atoms with Crippen LogP contribution in [0.1, 0.15) is 12.5 Å². The van der Waals surface area contributed by atoms with Gasteiger partial charge in [-0.15, -0.1) is 0 Å². The lowest BCUT2D eigenvalue weighted by molar-refractivity contribution is -0.151. The van der Waals surface area contributed by atoms with E-state index < -0.39 is 23.7 Å². The second kappa shape index (κ2) is 7.39. The van der Waals surface area contributed by atoms with Gasteiger partial charge < -0.3 is 14.4 Å². The molecule has 132 valence electrons. The molecule has 0 amide bonds. The van der Waals surface area contributed by atoms with Gasteiger partial charge in [0.05, 0.1) is 18.8 Å². The van der Waals surface area contributed by atoms with E-state index in [0.717, 1.165) is 0 Å². The third-order valence-corrected chi connectivity index (χ3v) is 4.32. The molecule has 1 aliphatic rings. The van der Waals surface area contributed by atoms with Crippen LogP contribution in [0.2, 0.25) is 0 Å². The second-order valence-corrected chi connectivity index (χ2v) is 6.47. The van der Waals surface area contributed by atoms with Crippen molar-refractivity contribution in [2.45, 2.75) is 19.6 Å². The van der Waals surface area contributed by atoms with Gasteiger partial charge in [0.1, 0.15) is 17.4 Å². The number of hydrogen-bond acceptors (Lipinski definition) is 4. The maximum atomic E-state index is 14.2. The molecule has 1 unspecified atom stereocenters. The number of carbonyl (C=O) groups excluding carboxylic acids is 1. The zero-order valence-electron chi connectivity index (χ0n) is 13.5. The minimum absolute atomic E-state index is 0.0266. The Labute approximate surface area is 152 Å². The number of para-hydroxylation sites is 2. The molecule has 0 saturated heterocycles. The molecule has 0 spiro atoms. The quantitative estimate of drug-likeness (QED) is 0.711. The molecule has 1 atom stereocenters. The lowest BCUT2D eigenvalue weighted by atomic mass is 10.1. The van der Waals surface area contributed by atoms with Gasteiger partial charge in [-0.1, -0.05) is 28.1 Å². The molecule has 1 heterocycles. The number of esters is 1. The molecule has 0 aliphatic carbocycles. The molecule has 4 nitrogen and oxygen atoms in total. The summed E-state index contributed by atoms with van der Waals surface area (Å²) in [5, 5.41) is 0. The normalized spacial score (nSPS) is 16.2. The maximum Gasteiger partial charge on any atom is 0.349 e. The molecule has 3 rings (SSSR count). The van der Waals surface area contributed by atoms with Crippen LogP contribution in [0.5, 0.6) is 5.75 Å². The Hall–Kier alpha value is -2.15. The van der Waals surface area contributed by atoms with E-state index in [9.17, 15) is 13.6 Å². The van der Waals surface area contributed by atoms with Crippen LogP contribution >= 0.6 is 15.9 Å². The highest BCUT2D eigenvalue weighted by Gasteiger charge is 2.32. The van der Waals surface area contributed by atoms with Gasteiger partial charge in [0, 0.05) is 16.6 Å². The molecule has 0 N–H and O–H groups in total. The van der Waals surface area contributed by atoms with E-state index in [0.29, 0.717) is 15.9 Å². The number of halogens is 3. The molecule has 1 aliphatic heterocycles. The first-order valence-corrected chi connectivity index (χ1v) is 8.59. The lowest BCUT2D eigenvalue weighted by Crippen LogP contribution is -2.45. The van der Waals surface area contributed by atoms with E-state index >= 15 is 0 Å². The van der Waals surface area contributed by atoms with E-state index in [-0.39, 0.29) is 25.3 Å². The number of carbonyl (C=O) groups is 1. The summed E-state index contributed by atoms with van der Waals surface area (Å²) in [6.07, 6.45) is -0.851. The highest BCUT2D eigenvalue weighted by atomic mass is 79.9. The van der Waals surface area contributed by atoms with E-state index in [1.165, 1.54) is 12.1 Å². The Morgan fingerprint density at radius 3 is 2.68 bits per heavy atom. The zero-order valence-corrected chi connectivity index (χ0v) is 15.1. The Bertz CT molecular complexity index is 777. The van der Waals surface area contributed by atoms with Crippen molar-refractivity contribution in [3.8, 4) is 5.75 Å². The summed E-state index contributed by atoms with van der Waals surface area (Å²) in [6.45, 7) is 2.06. The van der Waals surface area contributed by atoms with E-state index in [4.69, 9.17) is 9.47 Å². The average molecular weight is 412 g/mol. The summed E-state index contributed by atoms with van der Waals surface area (Å²) >= 11 is 3.07. The number of hydrogen-bond donors (Lipinski definition) is 0.